The van der Waals surface area contributed by atoms with Crippen molar-refractivity contribution >= 4 is 34.8 Å². The number of para-hydroxylation sites is 1. The average molecular weight is 370 g/mol. The molecule has 24 heavy (non-hydrogen) atoms. The minimum absolute atomic E-state index is 0.143. The van der Waals surface area contributed by atoms with Crippen LogP contribution in [0.1, 0.15) is 33.1 Å². The van der Waals surface area contributed by atoms with Crippen LogP contribution in [0.25, 0.3) is 0 Å². The zero-order chi connectivity index (χ0) is 17.5. The molecule has 1 fully saturated rings. The summed E-state index contributed by atoms with van der Waals surface area (Å²) in [7, 11) is 0. The van der Waals surface area contributed by atoms with Crippen molar-refractivity contribution in [2.75, 3.05) is 6.61 Å². The fourth-order valence-corrected chi connectivity index (χ4v) is 3.25. The third-order valence-corrected chi connectivity index (χ3v) is 5.07. The summed E-state index contributed by atoms with van der Waals surface area (Å²) in [6.07, 6.45) is 3.55. The molecule has 0 heterocycles. The van der Waals surface area contributed by atoms with Gasteiger partial charge in [-0.1, -0.05) is 50.4 Å². The van der Waals surface area contributed by atoms with E-state index in [2.05, 4.69) is 30.0 Å². The minimum atomic E-state index is -0.330. The Hall–Kier alpha value is -1.53. The lowest BCUT2D eigenvalue weighted by Gasteiger charge is -2.35. The highest BCUT2D eigenvalue weighted by atomic mass is 35.5. The van der Waals surface area contributed by atoms with Crippen LogP contribution < -0.4 is 20.9 Å². The first-order chi connectivity index (χ1) is 11.5. The fraction of sp³-hybridized carbons (Fsp3) is 0.529. The first-order valence-corrected chi connectivity index (χ1v) is 8.98. The lowest BCUT2D eigenvalue weighted by atomic mass is 9.78. The number of rotatable bonds is 4. The number of hydrazine groups is 1. The summed E-state index contributed by atoms with van der Waals surface area (Å²) in [6.45, 7) is 4.36. The minimum Gasteiger partial charge on any atom is -0.482 e. The monoisotopic (exact) mass is 369 g/mol. The number of amides is 1. The maximum absolute atomic E-state index is 11.8. The Kier molecular flexibility index (Phi) is 7.12. The van der Waals surface area contributed by atoms with Crippen LogP contribution in [0, 0.1) is 11.8 Å². The van der Waals surface area contributed by atoms with E-state index in [4.69, 9.17) is 28.6 Å². The van der Waals surface area contributed by atoms with Gasteiger partial charge in [0.25, 0.3) is 5.91 Å². The molecule has 0 aromatic heterocycles. The summed E-state index contributed by atoms with van der Waals surface area (Å²) in [5.41, 5.74) is 5.25. The predicted molar refractivity (Wildman–Crippen MR) is 99.9 cm³/mol. The second kappa shape index (κ2) is 9.08. The molecule has 1 aromatic rings. The highest BCUT2D eigenvalue weighted by Crippen LogP contribution is 2.29. The molecular formula is C17H24ClN3O2S. The van der Waals surface area contributed by atoms with Crippen molar-refractivity contribution in [3.8, 4) is 5.75 Å². The molecule has 2 rings (SSSR count). The highest BCUT2D eigenvalue weighted by molar-refractivity contribution is 7.80. The Bertz CT molecular complexity index is 585. The van der Waals surface area contributed by atoms with Gasteiger partial charge in [0.2, 0.25) is 0 Å². The molecule has 1 aliphatic rings. The van der Waals surface area contributed by atoms with Gasteiger partial charge in [0.15, 0.2) is 11.7 Å². The van der Waals surface area contributed by atoms with Crippen molar-refractivity contribution < 1.29 is 9.53 Å². The van der Waals surface area contributed by atoms with Crippen molar-refractivity contribution in [2.45, 2.75) is 39.2 Å². The molecule has 5 nitrogen and oxygen atoms in total. The summed E-state index contributed by atoms with van der Waals surface area (Å²) in [6, 6.07) is 7.35. The summed E-state index contributed by atoms with van der Waals surface area (Å²) < 4.78 is 5.36. The topological polar surface area (TPSA) is 62.4 Å². The predicted octanol–water partition coefficient (Wildman–Crippen LogP) is 3.04. The molecule has 7 heteroatoms. The van der Waals surface area contributed by atoms with Gasteiger partial charge in [0, 0.05) is 6.04 Å². The lowest BCUT2D eigenvalue weighted by molar-refractivity contribution is -0.123. The van der Waals surface area contributed by atoms with E-state index in [1.807, 2.05) is 0 Å². The zero-order valence-corrected chi connectivity index (χ0v) is 15.5. The third kappa shape index (κ3) is 5.53. The second-order valence-corrected chi connectivity index (χ2v) is 7.05. The molecule has 1 aromatic carbocycles. The Labute approximate surface area is 153 Å². The van der Waals surface area contributed by atoms with Gasteiger partial charge in [-0.15, -0.1) is 0 Å². The van der Waals surface area contributed by atoms with Crippen LogP contribution in [0.3, 0.4) is 0 Å². The number of hydrogen-bond acceptors (Lipinski definition) is 3. The number of carbonyl (C=O) groups excluding carboxylic acids is 1. The quantitative estimate of drug-likeness (QED) is 0.562. The molecule has 0 saturated heterocycles. The van der Waals surface area contributed by atoms with E-state index < -0.39 is 0 Å². The standard InChI is InChI=1S/C17H24ClN3O2S/c1-11-6-5-8-14(12(11)2)19-17(24)21-20-16(22)10-23-15-9-4-3-7-13(15)18/h3-4,7,9,11-12,14H,5-6,8,10H2,1-2H3,(H,20,22)(H2,19,21,24)/t11-,12-,14+/m1/s1. The number of hydrogen-bond donors (Lipinski definition) is 3. The molecule has 0 spiro atoms. The molecule has 3 N–H and O–H groups in total. The van der Waals surface area contributed by atoms with Gasteiger partial charge in [-0.25, -0.2) is 0 Å². The molecule has 0 unspecified atom stereocenters. The van der Waals surface area contributed by atoms with Crippen LogP contribution in [0.4, 0.5) is 0 Å². The maximum Gasteiger partial charge on any atom is 0.276 e. The van der Waals surface area contributed by atoms with Gasteiger partial charge < -0.3 is 10.1 Å². The van der Waals surface area contributed by atoms with E-state index >= 15 is 0 Å². The van der Waals surface area contributed by atoms with Crippen LogP contribution in [0.15, 0.2) is 24.3 Å². The Morgan fingerprint density at radius 3 is 2.79 bits per heavy atom. The first-order valence-electron chi connectivity index (χ1n) is 8.20. The summed E-state index contributed by atoms with van der Waals surface area (Å²) in [5.74, 6) is 1.37. The molecule has 132 valence electrons. The van der Waals surface area contributed by atoms with Crippen molar-refractivity contribution in [3.05, 3.63) is 29.3 Å². The van der Waals surface area contributed by atoms with Gasteiger partial charge in [0.1, 0.15) is 5.75 Å². The van der Waals surface area contributed by atoms with Crippen LogP contribution in [-0.4, -0.2) is 23.7 Å². The van der Waals surface area contributed by atoms with E-state index in [0.29, 0.717) is 33.8 Å². The SMILES string of the molecule is C[C@@H]1[C@H](C)CCC[C@@H]1NC(=S)NNC(=O)COc1ccccc1Cl. The van der Waals surface area contributed by atoms with Crippen LogP contribution in [0.5, 0.6) is 5.75 Å². The molecule has 3 atom stereocenters. The molecule has 0 aliphatic heterocycles. The molecule has 0 bridgehead atoms. The first kappa shape index (κ1) is 18.8. The molecule has 1 aliphatic carbocycles. The van der Waals surface area contributed by atoms with Gasteiger partial charge >= 0.3 is 0 Å². The number of halogens is 1. The van der Waals surface area contributed by atoms with Gasteiger partial charge in [0.05, 0.1) is 5.02 Å². The van der Waals surface area contributed by atoms with Crippen molar-refractivity contribution in [1.82, 2.24) is 16.2 Å². The molecule has 1 amide bonds. The van der Waals surface area contributed by atoms with Gasteiger partial charge in [-0.3, -0.25) is 15.6 Å². The van der Waals surface area contributed by atoms with Gasteiger partial charge in [-0.2, -0.15) is 0 Å². The van der Waals surface area contributed by atoms with Crippen LogP contribution in [-0.2, 0) is 4.79 Å². The van der Waals surface area contributed by atoms with E-state index in [-0.39, 0.29) is 12.5 Å². The number of nitrogens with one attached hydrogen (secondary N) is 3. The van der Waals surface area contributed by atoms with E-state index in [1.54, 1.807) is 24.3 Å². The normalized spacial score (nSPS) is 23.2. The van der Waals surface area contributed by atoms with E-state index in [9.17, 15) is 4.79 Å². The molecule has 1 saturated carbocycles. The molecule has 0 radical (unpaired) electrons. The number of ether oxygens (including phenoxy) is 1. The van der Waals surface area contributed by atoms with Gasteiger partial charge in [-0.05, 0) is 42.6 Å². The second-order valence-electron chi connectivity index (χ2n) is 6.24. The largest absolute Gasteiger partial charge is 0.482 e. The Morgan fingerprint density at radius 2 is 2.04 bits per heavy atom. The summed E-state index contributed by atoms with van der Waals surface area (Å²) in [5, 5.41) is 4.17. The summed E-state index contributed by atoms with van der Waals surface area (Å²) in [4.78, 5) is 11.8. The fourth-order valence-electron chi connectivity index (χ4n) is 2.86. The zero-order valence-electron chi connectivity index (χ0n) is 14.0. The lowest BCUT2D eigenvalue weighted by Crippen LogP contribution is -2.53. The maximum atomic E-state index is 11.8. The molecular weight excluding hydrogens is 346 g/mol. The van der Waals surface area contributed by atoms with Crippen molar-refractivity contribution in [3.63, 3.8) is 0 Å². The van der Waals surface area contributed by atoms with Crippen LogP contribution in [0.2, 0.25) is 5.02 Å². The van der Waals surface area contributed by atoms with Crippen molar-refractivity contribution in [2.24, 2.45) is 11.8 Å². The third-order valence-electron chi connectivity index (χ3n) is 4.53. The number of thiocarbonyl (C=S) groups is 1. The smallest absolute Gasteiger partial charge is 0.276 e. The Balaban J connectivity index is 1.69. The van der Waals surface area contributed by atoms with Crippen molar-refractivity contribution in [1.29, 1.82) is 0 Å². The number of benzene rings is 1. The number of carbonyl (C=O) groups is 1. The van der Waals surface area contributed by atoms with E-state index in [0.717, 1.165) is 6.42 Å². The average Bonchev–Trinajstić information content (AvgIpc) is 2.56. The Morgan fingerprint density at radius 1 is 1.29 bits per heavy atom. The summed E-state index contributed by atoms with van der Waals surface area (Å²) >= 11 is 11.2. The van der Waals surface area contributed by atoms with Crippen LogP contribution >= 0.6 is 23.8 Å². The highest BCUT2D eigenvalue weighted by Gasteiger charge is 2.27. The van der Waals surface area contributed by atoms with E-state index in [1.165, 1.54) is 12.8 Å².